The molecule has 25 heavy (non-hydrogen) atoms. The van der Waals surface area contributed by atoms with E-state index in [1.165, 1.54) is 29.2 Å². The average Bonchev–Trinajstić information content (AvgIpc) is 2.57. The Morgan fingerprint density at radius 2 is 1.88 bits per heavy atom. The van der Waals surface area contributed by atoms with Gasteiger partial charge in [-0.2, -0.15) is 13.2 Å². The number of carbonyl (C=O) groups is 2. The molecule has 0 radical (unpaired) electrons. The van der Waals surface area contributed by atoms with Crippen molar-refractivity contribution in [2.75, 3.05) is 6.54 Å². The van der Waals surface area contributed by atoms with Gasteiger partial charge in [0.1, 0.15) is 0 Å². The Morgan fingerprint density at radius 3 is 2.48 bits per heavy atom. The fraction of sp³-hybridized carbons (Fsp3) is 0.556. The van der Waals surface area contributed by atoms with Gasteiger partial charge < -0.3 is 10.0 Å². The van der Waals surface area contributed by atoms with Gasteiger partial charge in [0.2, 0.25) is 5.91 Å². The minimum absolute atomic E-state index is 0.0717. The second-order valence-corrected chi connectivity index (χ2v) is 6.38. The first kappa shape index (κ1) is 19.3. The lowest BCUT2D eigenvalue weighted by atomic mass is 9.92. The summed E-state index contributed by atoms with van der Waals surface area (Å²) in [6.45, 7) is 0.391. The van der Waals surface area contributed by atoms with Crippen molar-refractivity contribution in [2.24, 2.45) is 0 Å². The highest BCUT2D eigenvalue weighted by atomic mass is 19.4. The first-order valence-electron chi connectivity index (χ1n) is 8.42. The third-order valence-corrected chi connectivity index (χ3v) is 4.61. The number of hydrogen-bond donors (Lipinski definition) is 1. The molecule has 2 rings (SSSR count). The Bertz CT molecular complexity index is 589. The van der Waals surface area contributed by atoms with Crippen molar-refractivity contribution >= 4 is 11.9 Å². The highest BCUT2D eigenvalue weighted by Gasteiger charge is 2.43. The Kier molecular flexibility index (Phi) is 6.45. The van der Waals surface area contributed by atoms with Crippen LogP contribution < -0.4 is 0 Å². The van der Waals surface area contributed by atoms with Crippen molar-refractivity contribution in [2.45, 2.75) is 56.7 Å². The number of carbonyl (C=O) groups excluding carboxylic acids is 1. The number of carboxylic acids is 1. The number of likely N-dealkylation sites (tertiary alicyclic amines) is 1. The minimum Gasteiger partial charge on any atom is -0.481 e. The largest absolute Gasteiger partial charge is 0.481 e. The van der Waals surface area contributed by atoms with Crippen molar-refractivity contribution in [3.8, 4) is 0 Å². The molecule has 1 heterocycles. The first-order valence-corrected chi connectivity index (χ1v) is 8.42. The van der Waals surface area contributed by atoms with Crippen LogP contribution in [-0.2, 0) is 9.59 Å². The standard InChI is InChI=1S/C18H22F3NO3/c19-18(20,21)15(13-6-2-1-3-7-13)12-16(23)22-11-5-4-8-14(22)9-10-17(24)25/h1-3,6-7,14-15H,4-5,8-12H2,(H,24,25)/t14-,15-/m1/s1. The molecule has 0 aliphatic carbocycles. The molecule has 0 bridgehead atoms. The van der Waals surface area contributed by atoms with E-state index in [9.17, 15) is 22.8 Å². The molecule has 2 atom stereocenters. The molecule has 0 aromatic heterocycles. The summed E-state index contributed by atoms with van der Waals surface area (Å²) in [5, 5.41) is 8.82. The summed E-state index contributed by atoms with van der Waals surface area (Å²) in [5.41, 5.74) is 0.0717. The van der Waals surface area contributed by atoms with Gasteiger partial charge in [-0.15, -0.1) is 0 Å². The molecule has 1 N–H and O–H groups in total. The lowest BCUT2D eigenvalue weighted by Crippen LogP contribution is -2.45. The van der Waals surface area contributed by atoms with E-state index in [1.807, 2.05) is 0 Å². The van der Waals surface area contributed by atoms with Gasteiger partial charge in [-0.25, -0.2) is 0 Å². The predicted octanol–water partition coefficient (Wildman–Crippen LogP) is 3.97. The predicted molar refractivity (Wildman–Crippen MR) is 86.1 cm³/mol. The van der Waals surface area contributed by atoms with Crippen LogP contribution in [0.1, 0.15) is 50.0 Å². The molecule has 0 spiro atoms. The number of halogens is 3. The normalized spacial score (nSPS) is 19.5. The summed E-state index contributed by atoms with van der Waals surface area (Å²) in [5.74, 6) is -3.36. The van der Waals surface area contributed by atoms with Gasteiger partial charge in [0, 0.05) is 25.4 Å². The topological polar surface area (TPSA) is 57.6 Å². The molecule has 1 amide bonds. The van der Waals surface area contributed by atoms with Crippen LogP contribution in [0.4, 0.5) is 13.2 Å². The summed E-state index contributed by atoms with van der Waals surface area (Å²) < 4.78 is 40.3. The van der Waals surface area contributed by atoms with Gasteiger partial charge >= 0.3 is 12.1 Å². The number of carboxylic acid groups (broad SMARTS) is 1. The summed E-state index contributed by atoms with van der Waals surface area (Å²) in [4.78, 5) is 24.8. The summed E-state index contributed by atoms with van der Waals surface area (Å²) >= 11 is 0. The van der Waals surface area contributed by atoms with Crippen LogP contribution >= 0.6 is 0 Å². The number of hydrogen-bond acceptors (Lipinski definition) is 2. The van der Waals surface area contributed by atoms with Crippen LogP contribution in [0.5, 0.6) is 0 Å². The molecule has 1 aliphatic rings. The zero-order valence-corrected chi connectivity index (χ0v) is 13.8. The second-order valence-electron chi connectivity index (χ2n) is 6.38. The fourth-order valence-corrected chi connectivity index (χ4v) is 3.32. The van der Waals surface area contributed by atoms with Crippen molar-refractivity contribution in [1.29, 1.82) is 0 Å². The molecule has 1 saturated heterocycles. The van der Waals surface area contributed by atoms with Crippen LogP contribution in [0.25, 0.3) is 0 Å². The van der Waals surface area contributed by atoms with Crippen LogP contribution in [0.3, 0.4) is 0 Å². The first-order chi connectivity index (χ1) is 11.8. The van der Waals surface area contributed by atoms with E-state index in [2.05, 4.69) is 0 Å². The highest BCUT2D eigenvalue weighted by Crippen LogP contribution is 2.38. The Hall–Kier alpha value is -2.05. The molecule has 0 unspecified atom stereocenters. The molecule has 1 aliphatic heterocycles. The van der Waals surface area contributed by atoms with E-state index in [0.717, 1.165) is 12.8 Å². The lowest BCUT2D eigenvalue weighted by molar-refractivity contribution is -0.162. The number of benzene rings is 1. The van der Waals surface area contributed by atoms with Crippen molar-refractivity contribution in [3.05, 3.63) is 35.9 Å². The van der Waals surface area contributed by atoms with Crippen molar-refractivity contribution in [3.63, 3.8) is 0 Å². The Labute approximate surface area is 144 Å². The number of aliphatic carboxylic acids is 1. The molecule has 1 aromatic carbocycles. The number of piperidine rings is 1. The van der Waals surface area contributed by atoms with Crippen LogP contribution in [0.2, 0.25) is 0 Å². The van der Waals surface area contributed by atoms with Gasteiger partial charge in [-0.1, -0.05) is 30.3 Å². The Morgan fingerprint density at radius 1 is 1.20 bits per heavy atom. The monoisotopic (exact) mass is 357 g/mol. The van der Waals surface area contributed by atoms with E-state index in [-0.39, 0.29) is 24.4 Å². The Balaban J connectivity index is 2.12. The maximum absolute atomic E-state index is 13.4. The molecule has 1 fully saturated rings. The SMILES string of the molecule is O=C(O)CC[C@H]1CCCCN1C(=O)C[C@H](c1ccccc1)C(F)(F)F. The third kappa shape index (κ3) is 5.47. The highest BCUT2D eigenvalue weighted by molar-refractivity contribution is 5.78. The number of nitrogens with zero attached hydrogens (tertiary/aromatic N) is 1. The quantitative estimate of drug-likeness (QED) is 0.838. The number of alkyl halides is 3. The minimum atomic E-state index is -4.51. The molecule has 7 heteroatoms. The maximum atomic E-state index is 13.4. The molecular formula is C18H22F3NO3. The molecule has 4 nitrogen and oxygen atoms in total. The van der Waals surface area contributed by atoms with Crippen LogP contribution in [0.15, 0.2) is 30.3 Å². The smallest absolute Gasteiger partial charge is 0.396 e. The molecule has 138 valence electrons. The van der Waals surface area contributed by atoms with E-state index in [4.69, 9.17) is 5.11 Å². The fourth-order valence-electron chi connectivity index (χ4n) is 3.32. The van der Waals surface area contributed by atoms with Gasteiger partial charge in [-0.05, 0) is 31.2 Å². The zero-order chi connectivity index (χ0) is 18.4. The van der Waals surface area contributed by atoms with Crippen molar-refractivity contribution in [1.82, 2.24) is 4.90 Å². The van der Waals surface area contributed by atoms with Crippen LogP contribution in [-0.4, -0.2) is 40.6 Å². The van der Waals surface area contributed by atoms with E-state index in [0.29, 0.717) is 13.0 Å². The molecule has 1 aromatic rings. The van der Waals surface area contributed by atoms with Gasteiger partial charge in [0.15, 0.2) is 0 Å². The van der Waals surface area contributed by atoms with Gasteiger partial charge in [-0.3, -0.25) is 9.59 Å². The van der Waals surface area contributed by atoms with Crippen LogP contribution in [0, 0.1) is 0 Å². The average molecular weight is 357 g/mol. The lowest BCUT2D eigenvalue weighted by Gasteiger charge is -2.36. The van der Waals surface area contributed by atoms with Gasteiger partial charge in [0.05, 0.1) is 5.92 Å². The van der Waals surface area contributed by atoms with Crippen molar-refractivity contribution < 1.29 is 27.9 Å². The molecule has 0 saturated carbocycles. The molecular weight excluding hydrogens is 335 g/mol. The third-order valence-electron chi connectivity index (χ3n) is 4.61. The van der Waals surface area contributed by atoms with E-state index < -0.39 is 30.4 Å². The van der Waals surface area contributed by atoms with E-state index >= 15 is 0 Å². The van der Waals surface area contributed by atoms with Gasteiger partial charge in [0.25, 0.3) is 0 Å². The number of rotatable bonds is 6. The number of amides is 1. The second kappa shape index (κ2) is 8.36. The maximum Gasteiger partial charge on any atom is 0.396 e. The summed E-state index contributed by atoms with van der Waals surface area (Å²) in [6.07, 6.45) is -2.73. The summed E-state index contributed by atoms with van der Waals surface area (Å²) in [7, 11) is 0. The summed E-state index contributed by atoms with van der Waals surface area (Å²) in [6, 6.07) is 7.14. The zero-order valence-electron chi connectivity index (χ0n) is 13.8. The van der Waals surface area contributed by atoms with E-state index in [1.54, 1.807) is 6.07 Å².